The van der Waals surface area contributed by atoms with E-state index in [-0.39, 0.29) is 91.0 Å². The summed E-state index contributed by atoms with van der Waals surface area (Å²) in [5, 5.41) is 9.31. The molecule has 0 aliphatic carbocycles. The van der Waals surface area contributed by atoms with E-state index in [9.17, 15) is 57.9 Å². The molecule has 12 aromatic rings. The van der Waals surface area contributed by atoms with E-state index in [1.165, 1.54) is 0 Å². The van der Waals surface area contributed by atoms with Gasteiger partial charge in [0, 0.05) is 32.7 Å². The highest BCUT2D eigenvalue weighted by Crippen LogP contribution is 2.54. The van der Waals surface area contributed by atoms with E-state index >= 15 is 79.0 Å². The maximum absolute atomic E-state index is 16.2. The maximum Gasteiger partial charge on any atom is 0.417 e. The zero-order valence-corrected chi connectivity index (χ0v) is 50.4. The number of aromatic nitrogens is 2. The molecule has 3 nitrogen and oxygen atoms in total. The predicted molar refractivity (Wildman–Crippen MR) is 317 cm³/mol. The van der Waals surface area contributed by atoms with Crippen LogP contribution in [-0.2, 0) is 61.8 Å². The van der Waals surface area contributed by atoms with Crippen molar-refractivity contribution in [1.29, 1.82) is 5.26 Å². The molecule has 104 heavy (non-hydrogen) atoms. The first-order valence-electron chi connectivity index (χ1n) is 29.0. The molecule has 0 unspecified atom stereocenters. The van der Waals surface area contributed by atoms with Crippen LogP contribution in [-0.4, -0.2) is 9.13 Å². The molecule has 0 amide bonds. The normalized spacial score (nSPS) is 13.5. The maximum atomic E-state index is 16.2. The number of nitrogens with zero attached hydrogens (tertiary/aromatic N) is 3. The number of halogens is 30. The Kier molecular flexibility index (Phi) is 16.9. The van der Waals surface area contributed by atoms with Crippen molar-refractivity contribution >= 4 is 43.6 Å². The lowest BCUT2D eigenvalue weighted by molar-refractivity contribution is -0.144. The molecule has 0 aliphatic rings. The Labute approximate surface area is 560 Å². The minimum Gasteiger partial charge on any atom is -0.308 e. The van der Waals surface area contributed by atoms with Crippen molar-refractivity contribution in [3.8, 4) is 73.1 Å². The van der Waals surface area contributed by atoms with E-state index < -0.39 is 234 Å². The second-order valence-electron chi connectivity index (χ2n) is 23.3. The van der Waals surface area contributed by atoms with Crippen molar-refractivity contribution in [3.63, 3.8) is 0 Å². The first-order chi connectivity index (χ1) is 47.8. The van der Waals surface area contributed by atoms with Crippen LogP contribution in [0.3, 0.4) is 0 Å². The average molecular weight is 1490 g/mol. The molecule has 0 N–H and O–H groups in total. The van der Waals surface area contributed by atoms with Gasteiger partial charge in [-0.1, -0.05) is 78.9 Å². The highest BCUT2D eigenvalue weighted by atomic mass is 19.4. The zero-order valence-electron chi connectivity index (χ0n) is 50.4. The molecule has 0 atom stereocenters. The number of benzene rings is 10. The smallest absolute Gasteiger partial charge is 0.308 e. The molecule has 33 heteroatoms. The van der Waals surface area contributed by atoms with E-state index in [4.69, 9.17) is 0 Å². The number of hydrogen-bond donors (Lipinski definition) is 0. The van der Waals surface area contributed by atoms with Crippen molar-refractivity contribution in [2.24, 2.45) is 0 Å². The van der Waals surface area contributed by atoms with E-state index in [1.807, 2.05) is 0 Å². The fourth-order valence-corrected chi connectivity index (χ4v) is 12.6. The molecule has 2 heterocycles. The molecule has 0 bridgehead atoms. The fraction of sp³-hybridized carbons (Fsp3) is 0.141. The second kappa shape index (κ2) is 24.1. The third-order valence-electron chi connectivity index (χ3n) is 17.0. The fourth-order valence-electron chi connectivity index (χ4n) is 12.6. The summed E-state index contributed by atoms with van der Waals surface area (Å²) in [6.07, 6.45) is -57.1. The van der Waals surface area contributed by atoms with Crippen LogP contribution in [0.2, 0.25) is 0 Å². The van der Waals surface area contributed by atoms with Crippen LogP contribution in [0, 0.1) is 11.3 Å². The van der Waals surface area contributed by atoms with Gasteiger partial charge >= 0.3 is 61.8 Å². The largest absolute Gasteiger partial charge is 0.417 e. The average Bonchev–Trinajstić information content (AvgIpc) is 1.63. The van der Waals surface area contributed by atoms with E-state index in [1.54, 1.807) is 6.07 Å². The van der Waals surface area contributed by atoms with Gasteiger partial charge in [-0.2, -0.15) is 137 Å². The molecule has 12 rings (SSSR count). The Hall–Kier alpha value is -10.8. The number of rotatable bonds is 7. The van der Waals surface area contributed by atoms with Gasteiger partial charge < -0.3 is 9.13 Å². The molecule has 538 valence electrons. The van der Waals surface area contributed by atoms with E-state index in [0.717, 1.165) is 48.5 Å². The minimum absolute atomic E-state index is 0.0135. The number of alkyl halides is 30. The minimum atomic E-state index is -6.08. The molecule has 0 saturated heterocycles. The third kappa shape index (κ3) is 13.2. The molecular weight excluding hydrogens is 1460 g/mol. The van der Waals surface area contributed by atoms with Gasteiger partial charge in [0.05, 0.1) is 101 Å². The van der Waals surface area contributed by atoms with Gasteiger partial charge in [-0.05, 0) is 142 Å². The van der Waals surface area contributed by atoms with Crippen molar-refractivity contribution in [1.82, 2.24) is 9.13 Å². The molecule has 2 aromatic heterocycles. The highest BCUT2D eigenvalue weighted by Gasteiger charge is 2.46. The highest BCUT2D eigenvalue weighted by molar-refractivity contribution is 6.14. The molecular formula is C71H29F30N3. The first kappa shape index (κ1) is 73.0. The first-order valence-corrected chi connectivity index (χ1v) is 29.0. The monoisotopic (exact) mass is 1490 g/mol. The summed E-state index contributed by atoms with van der Waals surface area (Å²) in [7, 11) is 0. The molecule has 10 aromatic carbocycles. The Bertz CT molecular complexity index is 4940. The summed E-state index contributed by atoms with van der Waals surface area (Å²) in [4.78, 5) is 0. The quantitative estimate of drug-likeness (QED) is 0.146. The summed E-state index contributed by atoms with van der Waals surface area (Å²) >= 11 is 0. The summed E-state index contributed by atoms with van der Waals surface area (Å²) in [5.41, 5.74) is -39.1. The Morgan fingerprint density at radius 3 is 0.663 bits per heavy atom. The topological polar surface area (TPSA) is 33.6 Å². The van der Waals surface area contributed by atoms with Crippen molar-refractivity contribution in [3.05, 3.63) is 237 Å². The lowest BCUT2D eigenvalue weighted by Gasteiger charge is -2.26. The summed E-state index contributed by atoms with van der Waals surface area (Å²) in [5.74, 6) is 0. The van der Waals surface area contributed by atoms with Crippen molar-refractivity contribution < 1.29 is 132 Å². The van der Waals surface area contributed by atoms with Gasteiger partial charge in [0.25, 0.3) is 0 Å². The molecule has 0 fully saturated rings. The summed E-state index contributed by atoms with van der Waals surface area (Å²) < 4.78 is 450. The van der Waals surface area contributed by atoms with Gasteiger partial charge in [-0.3, -0.25) is 0 Å². The van der Waals surface area contributed by atoms with Crippen LogP contribution in [0.5, 0.6) is 0 Å². The molecule has 0 aliphatic heterocycles. The second-order valence-corrected chi connectivity index (χ2v) is 23.3. The lowest BCUT2D eigenvalue weighted by Crippen LogP contribution is -2.16. The van der Waals surface area contributed by atoms with E-state index in [2.05, 4.69) is 0 Å². The predicted octanol–water partition coefficient (Wildman–Crippen LogP) is 26.3. The molecule has 0 saturated carbocycles. The van der Waals surface area contributed by atoms with Crippen LogP contribution in [0.25, 0.3) is 111 Å². The molecule has 0 spiro atoms. The van der Waals surface area contributed by atoms with Crippen LogP contribution < -0.4 is 0 Å². The van der Waals surface area contributed by atoms with Crippen LogP contribution in [0.1, 0.15) is 61.2 Å². The van der Waals surface area contributed by atoms with Crippen LogP contribution in [0.15, 0.2) is 176 Å². The van der Waals surface area contributed by atoms with Gasteiger partial charge in [-0.15, -0.1) is 0 Å². The number of hydrogen-bond acceptors (Lipinski definition) is 1. The number of fused-ring (bicyclic) bond motifs is 6. The summed E-state index contributed by atoms with van der Waals surface area (Å²) in [6.45, 7) is 0. The Balaban J connectivity index is 1.34. The van der Waals surface area contributed by atoms with E-state index in [0.29, 0.717) is 45.5 Å². The third-order valence-corrected chi connectivity index (χ3v) is 17.0. The SMILES string of the molecule is N#Cc1cc(-n2c3cc(-c4ccc(C(F)(F)F)cc4C(F)(F)F)ccc3c3ccc(-c4ccc(C(F)(F)F)cc4C(F)(F)F)cc32)c(-c2c(C(F)(F)F)cccc2C(F)(F)F)c(-n2c3cc(-c4ccc(C(F)(F)F)cc4C(F)(F)F)ccc3c3ccc(-c4ccc(C(F)(F)F)cc4C(F)(F)F)cc32)c1. The standard InChI is InChI=1S/C71H29F30N3/c72-62(73,74)36-8-16-40(50(26-36)68(90,91)92)32-4-12-44-45-13-5-33(41-17-9-37(63(75,76)77)27-51(41)69(93,94)95)23-55(45)103(54(44)22-32)58-20-31(30-102)21-59(61(58)60-48(66(84,85)86)2-1-3-49(60)67(87,88)89)104-56-24-34(42-18-10-38(64(78,79)80)28-52(42)70(96,97)98)6-14-46(56)47-15-7-35(25-57(47)104)43-19-11-39(65(81,82)83)29-53(43)71(99,100)101/h1-29H. The molecule has 0 radical (unpaired) electrons. The van der Waals surface area contributed by atoms with Gasteiger partial charge in [0.15, 0.2) is 0 Å². The Morgan fingerprint density at radius 2 is 0.462 bits per heavy atom. The Morgan fingerprint density at radius 1 is 0.231 bits per heavy atom. The van der Waals surface area contributed by atoms with Crippen LogP contribution in [0.4, 0.5) is 132 Å². The van der Waals surface area contributed by atoms with Crippen molar-refractivity contribution in [2.45, 2.75) is 61.8 Å². The lowest BCUT2D eigenvalue weighted by atomic mass is 9.89. The van der Waals surface area contributed by atoms with Gasteiger partial charge in [0.1, 0.15) is 0 Å². The van der Waals surface area contributed by atoms with Crippen LogP contribution >= 0.6 is 0 Å². The number of nitriles is 1. The zero-order chi connectivity index (χ0) is 76.3. The summed E-state index contributed by atoms with van der Waals surface area (Å²) in [6, 6.07) is 12.0. The van der Waals surface area contributed by atoms with Gasteiger partial charge in [-0.25, -0.2) is 0 Å². The van der Waals surface area contributed by atoms with Gasteiger partial charge in [0.2, 0.25) is 0 Å². The van der Waals surface area contributed by atoms with Crippen molar-refractivity contribution in [2.75, 3.05) is 0 Å².